The van der Waals surface area contributed by atoms with Gasteiger partial charge in [0, 0.05) is 13.3 Å². The summed E-state index contributed by atoms with van der Waals surface area (Å²) in [5.41, 5.74) is 1.86. The van der Waals surface area contributed by atoms with Gasteiger partial charge in [-0.3, -0.25) is 9.59 Å². The fourth-order valence-corrected chi connectivity index (χ4v) is 2.77. The van der Waals surface area contributed by atoms with Crippen molar-refractivity contribution in [1.29, 1.82) is 0 Å². The minimum atomic E-state index is -0.596. The summed E-state index contributed by atoms with van der Waals surface area (Å²) in [7, 11) is 0. The van der Waals surface area contributed by atoms with Gasteiger partial charge in [0.25, 0.3) is 5.91 Å². The van der Waals surface area contributed by atoms with E-state index in [1.54, 1.807) is 13.0 Å². The van der Waals surface area contributed by atoms with Gasteiger partial charge in [-0.1, -0.05) is 36.4 Å². The lowest BCUT2D eigenvalue weighted by Gasteiger charge is -2.14. The first-order chi connectivity index (χ1) is 13.4. The Balaban J connectivity index is 1.78. The van der Waals surface area contributed by atoms with Crippen LogP contribution in [0.15, 0.2) is 59.2 Å². The Morgan fingerprint density at radius 2 is 1.93 bits per heavy atom. The highest BCUT2D eigenvalue weighted by atomic mass is 19.1. The average Bonchev–Trinajstić information content (AvgIpc) is 3.15. The lowest BCUT2D eigenvalue weighted by atomic mass is 10.1. The Kier molecular flexibility index (Phi) is 5.84. The van der Waals surface area contributed by atoms with E-state index in [1.807, 2.05) is 30.3 Å². The SMILES string of the molecule is CC(=O)N[C@@H](Cc1ccccc1)c1nc(C(=O)Nc2cc(C)ccc2F)co1. The quantitative estimate of drug-likeness (QED) is 0.680. The number of rotatable bonds is 6. The molecule has 0 saturated heterocycles. The molecular weight excluding hydrogens is 361 g/mol. The monoisotopic (exact) mass is 381 g/mol. The van der Waals surface area contributed by atoms with E-state index in [9.17, 15) is 14.0 Å². The number of carbonyl (C=O) groups excluding carboxylic acids is 2. The van der Waals surface area contributed by atoms with Crippen LogP contribution in [0.1, 0.15) is 40.5 Å². The maximum absolute atomic E-state index is 13.9. The first kappa shape index (κ1) is 19.3. The number of hydrogen-bond acceptors (Lipinski definition) is 4. The van der Waals surface area contributed by atoms with Gasteiger partial charge in [0.05, 0.1) is 5.69 Å². The zero-order valence-corrected chi connectivity index (χ0v) is 15.5. The van der Waals surface area contributed by atoms with Gasteiger partial charge < -0.3 is 15.1 Å². The molecule has 6 nitrogen and oxygen atoms in total. The van der Waals surface area contributed by atoms with E-state index >= 15 is 0 Å². The van der Waals surface area contributed by atoms with Crippen LogP contribution in [0.3, 0.4) is 0 Å². The van der Waals surface area contributed by atoms with Gasteiger partial charge in [-0.2, -0.15) is 0 Å². The van der Waals surface area contributed by atoms with Gasteiger partial charge in [-0.25, -0.2) is 9.37 Å². The van der Waals surface area contributed by atoms with Crippen molar-refractivity contribution in [2.75, 3.05) is 5.32 Å². The van der Waals surface area contributed by atoms with Gasteiger partial charge >= 0.3 is 0 Å². The third-order valence-electron chi connectivity index (χ3n) is 4.08. The lowest BCUT2D eigenvalue weighted by molar-refractivity contribution is -0.119. The number of benzene rings is 2. The van der Waals surface area contributed by atoms with E-state index in [-0.39, 0.29) is 23.2 Å². The van der Waals surface area contributed by atoms with Crippen molar-refractivity contribution in [2.45, 2.75) is 26.3 Å². The molecule has 0 unspecified atom stereocenters. The van der Waals surface area contributed by atoms with Crippen molar-refractivity contribution in [2.24, 2.45) is 0 Å². The molecule has 7 heteroatoms. The standard InChI is InChI=1S/C21H20FN3O3/c1-13-8-9-16(22)17(10-13)24-20(27)19-12-28-21(25-19)18(23-14(2)26)11-15-6-4-3-5-7-15/h3-10,12,18H,11H2,1-2H3,(H,23,26)(H,24,27)/t18-/m0/s1. The number of amides is 2. The summed E-state index contributed by atoms with van der Waals surface area (Å²) >= 11 is 0. The Morgan fingerprint density at radius 3 is 2.64 bits per heavy atom. The van der Waals surface area contributed by atoms with Crippen LogP contribution in [0.25, 0.3) is 0 Å². The third kappa shape index (κ3) is 4.82. The number of halogens is 1. The molecule has 144 valence electrons. The van der Waals surface area contributed by atoms with Gasteiger partial charge in [0.1, 0.15) is 18.1 Å². The van der Waals surface area contributed by atoms with Crippen LogP contribution in [0, 0.1) is 12.7 Å². The number of nitrogens with zero attached hydrogens (tertiary/aromatic N) is 1. The Morgan fingerprint density at radius 1 is 1.18 bits per heavy atom. The van der Waals surface area contributed by atoms with Crippen LogP contribution in [0.5, 0.6) is 0 Å². The molecule has 0 spiro atoms. The van der Waals surface area contributed by atoms with E-state index in [4.69, 9.17) is 4.42 Å². The second-order valence-electron chi connectivity index (χ2n) is 6.45. The van der Waals surface area contributed by atoms with Gasteiger partial charge in [-0.15, -0.1) is 0 Å². The molecule has 0 radical (unpaired) electrons. The Hall–Kier alpha value is -3.48. The summed E-state index contributed by atoms with van der Waals surface area (Å²) in [5, 5.41) is 5.26. The van der Waals surface area contributed by atoms with Crippen LogP contribution in [-0.4, -0.2) is 16.8 Å². The number of carbonyl (C=O) groups is 2. The molecule has 2 N–H and O–H groups in total. The summed E-state index contributed by atoms with van der Waals surface area (Å²) in [6.45, 7) is 3.19. The second kappa shape index (κ2) is 8.47. The summed E-state index contributed by atoms with van der Waals surface area (Å²) in [5.74, 6) is -1.18. The van der Waals surface area contributed by atoms with E-state index in [2.05, 4.69) is 15.6 Å². The molecule has 28 heavy (non-hydrogen) atoms. The molecule has 0 aliphatic heterocycles. The van der Waals surface area contributed by atoms with Crippen molar-refractivity contribution < 1.29 is 18.4 Å². The largest absolute Gasteiger partial charge is 0.446 e. The van der Waals surface area contributed by atoms with Crippen LogP contribution < -0.4 is 10.6 Å². The molecule has 0 saturated carbocycles. The van der Waals surface area contributed by atoms with Gasteiger partial charge in [-0.05, 0) is 30.2 Å². The summed E-state index contributed by atoms with van der Waals surface area (Å²) in [4.78, 5) is 28.2. The molecule has 2 amide bonds. The Bertz CT molecular complexity index is 986. The van der Waals surface area contributed by atoms with Crippen molar-refractivity contribution in [3.05, 3.63) is 83.3 Å². The van der Waals surface area contributed by atoms with E-state index < -0.39 is 17.8 Å². The summed E-state index contributed by atoms with van der Waals surface area (Å²) in [6.07, 6.45) is 1.65. The van der Waals surface area contributed by atoms with Gasteiger partial charge in [0.15, 0.2) is 5.69 Å². The maximum atomic E-state index is 13.9. The van der Waals surface area contributed by atoms with Crippen LogP contribution in [0.4, 0.5) is 10.1 Å². The first-order valence-corrected chi connectivity index (χ1v) is 8.76. The zero-order chi connectivity index (χ0) is 20.1. The topological polar surface area (TPSA) is 84.2 Å². The molecule has 2 aromatic carbocycles. The van der Waals surface area contributed by atoms with E-state index in [0.29, 0.717) is 6.42 Å². The fourth-order valence-electron chi connectivity index (χ4n) is 2.77. The van der Waals surface area contributed by atoms with Crippen LogP contribution in [-0.2, 0) is 11.2 Å². The van der Waals surface area contributed by atoms with Crippen molar-refractivity contribution in [1.82, 2.24) is 10.3 Å². The van der Waals surface area contributed by atoms with E-state index in [1.165, 1.54) is 25.3 Å². The average molecular weight is 381 g/mol. The number of nitrogens with one attached hydrogen (secondary N) is 2. The molecule has 0 bridgehead atoms. The highest BCUT2D eigenvalue weighted by Gasteiger charge is 2.22. The van der Waals surface area contributed by atoms with Crippen LogP contribution in [0.2, 0.25) is 0 Å². The molecule has 0 aliphatic rings. The third-order valence-corrected chi connectivity index (χ3v) is 4.08. The minimum absolute atomic E-state index is 0.000630. The maximum Gasteiger partial charge on any atom is 0.277 e. The van der Waals surface area contributed by atoms with Gasteiger partial charge in [0.2, 0.25) is 11.8 Å². The number of anilines is 1. The predicted molar refractivity (Wildman–Crippen MR) is 102 cm³/mol. The molecule has 1 aromatic heterocycles. The summed E-state index contributed by atoms with van der Waals surface area (Å²) < 4.78 is 19.3. The van der Waals surface area contributed by atoms with Crippen LogP contribution >= 0.6 is 0 Å². The number of hydrogen-bond donors (Lipinski definition) is 2. The second-order valence-corrected chi connectivity index (χ2v) is 6.45. The van der Waals surface area contributed by atoms with Crippen molar-refractivity contribution in [3.8, 4) is 0 Å². The number of aromatic nitrogens is 1. The highest BCUT2D eigenvalue weighted by Crippen LogP contribution is 2.20. The normalized spacial score (nSPS) is 11.7. The molecular formula is C21H20FN3O3. The zero-order valence-electron chi connectivity index (χ0n) is 15.5. The Labute approximate surface area is 161 Å². The molecule has 3 aromatic rings. The molecule has 3 rings (SSSR count). The summed E-state index contributed by atoms with van der Waals surface area (Å²) in [6, 6.07) is 13.4. The molecule has 0 aliphatic carbocycles. The minimum Gasteiger partial charge on any atom is -0.446 e. The molecule has 1 heterocycles. The van der Waals surface area contributed by atoms with E-state index in [0.717, 1.165) is 11.1 Å². The lowest BCUT2D eigenvalue weighted by Crippen LogP contribution is -2.28. The fraction of sp³-hybridized carbons (Fsp3) is 0.190. The number of aryl methyl sites for hydroxylation is 1. The highest BCUT2D eigenvalue weighted by molar-refractivity contribution is 6.02. The smallest absolute Gasteiger partial charge is 0.277 e. The van der Waals surface area contributed by atoms with Crippen molar-refractivity contribution in [3.63, 3.8) is 0 Å². The molecule has 0 fully saturated rings. The molecule has 1 atom stereocenters. The number of oxazole rings is 1. The predicted octanol–water partition coefficient (Wildman–Crippen LogP) is 3.79. The first-order valence-electron chi connectivity index (χ1n) is 8.76. The van der Waals surface area contributed by atoms with Crippen molar-refractivity contribution >= 4 is 17.5 Å².